The van der Waals surface area contributed by atoms with E-state index in [1.807, 2.05) is 6.07 Å². The van der Waals surface area contributed by atoms with E-state index in [1.165, 1.54) is 18.5 Å². The molecule has 7 heteroatoms. The first kappa shape index (κ1) is 15.1. The number of nitrogens with zero attached hydrogens (tertiary/aromatic N) is 2. The third-order valence-electron chi connectivity index (χ3n) is 2.94. The summed E-state index contributed by atoms with van der Waals surface area (Å²) in [6.07, 6.45) is 1.64. The number of nitrogens with one attached hydrogen (secondary N) is 1. The number of hydrogen-bond donors (Lipinski definition) is 2. The van der Waals surface area contributed by atoms with Crippen LogP contribution in [0.4, 0.5) is 0 Å². The summed E-state index contributed by atoms with van der Waals surface area (Å²) in [5.74, 6) is -1.09. The summed E-state index contributed by atoms with van der Waals surface area (Å²) < 4.78 is 1.53. The number of carbonyl (C=O) groups excluding carboxylic acids is 2. The third kappa shape index (κ3) is 3.41. The van der Waals surface area contributed by atoms with E-state index in [9.17, 15) is 9.59 Å². The summed E-state index contributed by atoms with van der Waals surface area (Å²) in [5.41, 5.74) is 4.99. The van der Waals surface area contributed by atoms with Gasteiger partial charge in [0.15, 0.2) is 5.69 Å². The van der Waals surface area contributed by atoms with E-state index < -0.39 is 17.4 Å². The van der Waals surface area contributed by atoms with Crippen LogP contribution >= 0.6 is 11.6 Å². The quantitative estimate of drug-likeness (QED) is 0.897. The lowest BCUT2D eigenvalue weighted by Gasteiger charge is -2.21. The van der Waals surface area contributed by atoms with Gasteiger partial charge in [0.25, 0.3) is 5.91 Å². The minimum Gasteiger partial charge on any atom is -0.368 e. The average Bonchev–Trinajstić information content (AvgIpc) is 2.87. The Morgan fingerprint density at radius 3 is 2.67 bits per heavy atom. The molecule has 0 atom stereocenters. The maximum atomic E-state index is 12.1. The van der Waals surface area contributed by atoms with Crippen LogP contribution in [0.1, 0.15) is 24.3 Å². The van der Waals surface area contributed by atoms with Gasteiger partial charge in [0, 0.05) is 11.2 Å². The predicted octanol–water partition coefficient (Wildman–Crippen LogP) is 1.52. The zero-order valence-corrected chi connectivity index (χ0v) is 12.4. The van der Waals surface area contributed by atoms with Gasteiger partial charge in [0.05, 0.1) is 5.69 Å². The normalized spacial score (nSPS) is 11.2. The van der Waals surface area contributed by atoms with Crippen LogP contribution in [0, 0.1) is 0 Å². The van der Waals surface area contributed by atoms with Crippen molar-refractivity contribution < 1.29 is 9.59 Å². The summed E-state index contributed by atoms with van der Waals surface area (Å²) in [4.78, 5) is 23.3. The van der Waals surface area contributed by atoms with Crippen molar-refractivity contribution in [1.82, 2.24) is 15.1 Å². The standard InChI is InChI=1S/C14H15ClN4O2/c1-14(2,13(16)21)17-12(20)11-6-7-19(18-11)10-5-3-4-9(15)8-10/h3-8H,1-2H3,(H2,16,21)(H,17,20). The van der Waals surface area contributed by atoms with E-state index in [4.69, 9.17) is 17.3 Å². The second kappa shape index (κ2) is 5.57. The monoisotopic (exact) mass is 306 g/mol. The molecule has 21 heavy (non-hydrogen) atoms. The van der Waals surface area contributed by atoms with E-state index in [1.54, 1.807) is 30.5 Å². The molecular formula is C14H15ClN4O2. The molecule has 0 fully saturated rings. The van der Waals surface area contributed by atoms with Crippen molar-refractivity contribution in [3.05, 3.63) is 47.2 Å². The van der Waals surface area contributed by atoms with Crippen LogP contribution in [0.2, 0.25) is 5.02 Å². The van der Waals surface area contributed by atoms with Gasteiger partial charge < -0.3 is 11.1 Å². The lowest BCUT2D eigenvalue weighted by molar-refractivity contribution is -0.122. The number of primary amides is 1. The largest absolute Gasteiger partial charge is 0.368 e. The first-order valence-corrected chi connectivity index (χ1v) is 6.61. The molecule has 0 aliphatic heterocycles. The van der Waals surface area contributed by atoms with Crippen LogP contribution in [0.15, 0.2) is 36.5 Å². The van der Waals surface area contributed by atoms with Gasteiger partial charge in [-0.2, -0.15) is 5.10 Å². The highest BCUT2D eigenvalue weighted by Gasteiger charge is 2.28. The highest BCUT2D eigenvalue weighted by molar-refractivity contribution is 6.30. The van der Waals surface area contributed by atoms with E-state index in [-0.39, 0.29) is 5.69 Å². The Balaban J connectivity index is 2.20. The van der Waals surface area contributed by atoms with Crippen molar-refractivity contribution in [2.45, 2.75) is 19.4 Å². The molecule has 1 aromatic heterocycles. The molecule has 0 saturated heterocycles. The highest BCUT2D eigenvalue weighted by atomic mass is 35.5. The van der Waals surface area contributed by atoms with Crippen LogP contribution in [0.5, 0.6) is 0 Å². The molecule has 110 valence electrons. The Kier molecular flexibility index (Phi) is 3.99. The molecule has 2 rings (SSSR count). The summed E-state index contributed by atoms with van der Waals surface area (Å²) in [6, 6.07) is 8.62. The van der Waals surface area contributed by atoms with Gasteiger partial charge >= 0.3 is 0 Å². The van der Waals surface area contributed by atoms with Crippen LogP contribution in [0.25, 0.3) is 5.69 Å². The predicted molar refractivity (Wildman–Crippen MR) is 79.3 cm³/mol. The number of amides is 2. The molecule has 1 heterocycles. The molecule has 0 aliphatic carbocycles. The van der Waals surface area contributed by atoms with Gasteiger partial charge in [0.1, 0.15) is 5.54 Å². The Morgan fingerprint density at radius 1 is 1.33 bits per heavy atom. The van der Waals surface area contributed by atoms with Crippen LogP contribution in [-0.2, 0) is 4.79 Å². The second-order valence-corrected chi connectivity index (χ2v) is 5.51. The molecule has 0 bridgehead atoms. The molecular weight excluding hydrogens is 292 g/mol. The summed E-state index contributed by atoms with van der Waals surface area (Å²) in [5, 5.41) is 7.26. The Labute approximate surface area is 126 Å². The smallest absolute Gasteiger partial charge is 0.272 e. The summed E-state index contributed by atoms with van der Waals surface area (Å²) >= 11 is 5.91. The van der Waals surface area contributed by atoms with Gasteiger partial charge in [0.2, 0.25) is 5.91 Å². The van der Waals surface area contributed by atoms with Gasteiger partial charge in [-0.05, 0) is 38.1 Å². The third-order valence-corrected chi connectivity index (χ3v) is 3.17. The summed E-state index contributed by atoms with van der Waals surface area (Å²) in [7, 11) is 0. The lowest BCUT2D eigenvalue weighted by atomic mass is 10.1. The zero-order chi connectivity index (χ0) is 15.6. The maximum Gasteiger partial charge on any atom is 0.272 e. The minimum absolute atomic E-state index is 0.185. The van der Waals surface area contributed by atoms with E-state index in [0.717, 1.165) is 5.69 Å². The van der Waals surface area contributed by atoms with Crippen LogP contribution in [-0.4, -0.2) is 27.1 Å². The van der Waals surface area contributed by atoms with Gasteiger partial charge in [-0.15, -0.1) is 0 Å². The van der Waals surface area contributed by atoms with Gasteiger partial charge in [-0.1, -0.05) is 17.7 Å². The fraction of sp³-hybridized carbons (Fsp3) is 0.214. The van der Waals surface area contributed by atoms with Crippen molar-refractivity contribution in [3.8, 4) is 5.69 Å². The SMILES string of the molecule is CC(C)(NC(=O)c1ccn(-c2cccc(Cl)c2)n1)C(N)=O. The minimum atomic E-state index is -1.14. The highest BCUT2D eigenvalue weighted by Crippen LogP contribution is 2.14. The number of hydrogen-bond acceptors (Lipinski definition) is 3. The average molecular weight is 307 g/mol. The molecule has 0 radical (unpaired) electrons. The van der Waals surface area contributed by atoms with Gasteiger partial charge in [-0.3, -0.25) is 9.59 Å². The number of aromatic nitrogens is 2. The number of carbonyl (C=O) groups is 2. The second-order valence-electron chi connectivity index (χ2n) is 5.07. The van der Waals surface area contributed by atoms with Crippen molar-refractivity contribution in [2.24, 2.45) is 5.73 Å². The Morgan fingerprint density at radius 2 is 2.05 bits per heavy atom. The van der Waals surface area contributed by atoms with Gasteiger partial charge in [-0.25, -0.2) is 4.68 Å². The molecule has 1 aromatic carbocycles. The van der Waals surface area contributed by atoms with Crippen LogP contribution in [0.3, 0.4) is 0 Å². The lowest BCUT2D eigenvalue weighted by Crippen LogP contribution is -2.53. The molecule has 0 aliphatic rings. The van der Waals surface area contributed by atoms with Crippen molar-refractivity contribution in [3.63, 3.8) is 0 Å². The molecule has 2 amide bonds. The fourth-order valence-electron chi connectivity index (χ4n) is 1.62. The topological polar surface area (TPSA) is 90.0 Å². The molecule has 0 saturated carbocycles. The zero-order valence-electron chi connectivity index (χ0n) is 11.6. The number of rotatable bonds is 4. The first-order valence-electron chi connectivity index (χ1n) is 6.23. The van der Waals surface area contributed by atoms with Crippen LogP contribution < -0.4 is 11.1 Å². The molecule has 2 aromatic rings. The summed E-state index contributed by atoms with van der Waals surface area (Å²) in [6.45, 7) is 3.06. The number of halogens is 1. The van der Waals surface area contributed by atoms with E-state index in [0.29, 0.717) is 5.02 Å². The van der Waals surface area contributed by atoms with Crippen molar-refractivity contribution in [1.29, 1.82) is 0 Å². The Bertz CT molecular complexity index is 694. The first-order chi connectivity index (χ1) is 9.79. The number of benzene rings is 1. The van der Waals surface area contributed by atoms with E-state index >= 15 is 0 Å². The molecule has 6 nitrogen and oxygen atoms in total. The molecule has 0 unspecified atom stereocenters. The fourth-order valence-corrected chi connectivity index (χ4v) is 1.80. The van der Waals surface area contributed by atoms with Crippen molar-refractivity contribution in [2.75, 3.05) is 0 Å². The number of nitrogens with two attached hydrogens (primary N) is 1. The molecule has 3 N–H and O–H groups in total. The van der Waals surface area contributed by atoms with E-state index in [2.05, 4.69) is 10.4 Å². The maximum absolute atomic E-state index is 12.1. The van der Waals surface area contributed by atoms with Crippen molar-refractivity contribution >= 4 is 23.4 Å². The molecule has 0 spiro atoms. The Hall–Kier alpha value is -2.34.